The van der Waals surface area contributed by atoms with Crippen LogP contribution in [-0.4, -0.2) is 104 Å². The Balaban J connectivity index is 1.06. The monoisotopic (exact) mass is 525 g/mol. The molecule has 0 radical (unpaired) electrons. The number of unbranched alkanes of at least 4 members (excludes halogenated alkanes) is 1. The third-order valence-electron chi connectivity index (χ3n) is 6.05. The summed E-state index contributed by atoms with van der Waals surface area (Å²) in [5, 5.41) is 11.8. The third kappa shape index (κ3) is 9.10. The summed E-state index contributed by atoms with van der Waals surface area (Å²) in [5.41, 5.74) is 0. The Bertz CT molecular complexity index is 822. The second kappa shape index (κ2) is 14.8. The van der Waals surface area contributed by atoms with Gasteiger partial charge in [0.05, 0.1) is 38.5 Å². The van der Waals surface area contributed by atoms with Gasteiger partial charge in [0.2, 0.25) is 11.8 Å². The van der Waals surface area contributed by atoms with Crippen LogP contribution in [0.4, 0.5) is 4.79 Å². The van der Waals surface area contributed by atoms with Gasteiger partial charge in [-0.3, -0.25) is 24.1 Å². The fourth-order valence-electron chi connectivity index (χ4n) is 4.16. The van der Waals surface area contributed by atoms with Gasteiger partial charge in [0, 0.05) is 55.6 Å². The topological polar surface area (TPSA) is 155 Å². The SMILES string of the molecule is O=C(CCCC[C@@H]1SC[C@@H]2NC(=O)N[C@@H]21)NCCOCCOCCNC(=O)CCN1C(=O)C=CC1=O. The summed E-state index contributed by atoms with van der Waals surface area (Å²) in [4.78, 5) is 58.9. The zero-order valence-corrected chi connectivity index (χ0v) is 21.1. The van der Waals surface area contributed by atoms with Crippen LogP contribution in [-0.2, 0) is 28.7 Å². The fourth-order valence-corrected chi connectivity index (χ4v) is 5.71. The van der Waals surface area contributed by atoms with Gasteiger partial charge in [0.1, 0.15) is 0 Å². The van der Waals surface area contributed by atoms with Gasteiger partial charge in [0.15, 0.2) is 0 Å². The summed E-state index contributed by atoms with van der Waals surface area (Å²) in [6.07, 6.45) is 5.67. The Kier molecular flexibility index (Phi) is 11.5. The number of nitrogens with one attached hydrogen (secondary N) is 4. The van der Waals surface area contributed by atoms with E-state index in [9.17, 15) is 24.0 Å². The predicted octanol–water partition coefficient (Wildman–Crippen LogP) is -0.707. The van der Waals surface area contributed by atoms with Crippen molar-refractivity contribution in [3.8, 4) is 0 Å². The summed E-state index contributed by atoms with van der Waals surface area (Å²) < 4.78 is 10.8. The van der Waals surface area contributed by atoms with Gasteiger partial charge in [-0.15, -0.1) is 0 Å². The summed E-state index contributed by atoms with van der Waals surface area (Å²) in [5.74, 6) is -0.107. The lowest BCUT2D eigenvalue weighted by Crippen LogP contribution is -2.36. The molecule has 2 saturated heterocycles. The van der Waals surface area contributed by atoms with Gasteiger partial charge in [-0.2, -0.15) is 11.8 Å². The van der Waals surface area contributed by atoms with E-state index in [1.54, 1.807) is 0 Å². The van der Waals surface area contributed by atoms with Crippen LogP contribution >= 0.6 is 11.8 Å². The van der Waals surface area contributed by atoms with Crippen LogP contribution in [0.3, 0.4) is 0 Å². The number of carbonyl (C=O) groups excluding carboxylic acids is 5. The van der Waals surface area contributed by atoms with E-state index in [0.717, 1.165) is 29.9 Å². The number of hydrogen-bond acceptors (Lipinski definition) is 8. The molecule has 2 fully saturated rings. The van der Waals surface area contributed by atoms with Crippen LogP contribution in [0.5, 0.6) is 0 Å². The molecule has 12 nitrogen and oxygen atoms in total. The molecule has 0 unspecified atom stereocenters. The second-order valence-corrected chi connectivity index (χ2v) is 9.98. The van der Waals surface area contributed by atoms with Crippen LogP contribution in [0.1, 0.15) is 32.1 Å². The molecule has 3 aliphatic rings. The number of urea groups is 1. The molecule has 0 aromatic heterocycles. The highest BCUT2D eigenvalue weighted by atomic mass is 32.2. The Hall–Kier alpha value is -2.64. The van der Waals surface area contributed by atoms with Crippen molar-refractivity contribution in [1.29, 1.82) is 0 Å². The lowest BCUT2D eigenvalue weighted by atomic mass is 10.0. The van der Waals surface area contributed by atoms with Crippen LogP contribution < -0.4 is 21.3 Å². The Morgan fingerprint density at radius 2 is 1.56 bits per heavy atom. The first kappa shape index (κ1) is 27.9. The predicted molar refractivity (Wildman–Crippen MR) is 132 cm³/mol. The number of amides is 6. The molecule has 0 saturated carbocycles. The van der Waals surface area contributed by atoms with Gasteiger partial charge in [-0.1, -0.05) is 6.42 Å². The average Bonchev–Trinajstić information content (AvgIpc) is 3.50. The quantitative estimate of drug-likeness (QED) is 0.110. The first-order valence-electron chi connectivity index (χ1n) is 12.3. The normalized spacial score (nSPS) is 22.5. The summed E-state index contributed by atoms with van der Waals surface area (Å²) in [6.45, 7) is 2.27. The molecule has 0 spiro atoms. The highest BCUT2D eigenvalue weighted by Crippen LogP contribution is 2.33. The minimum Gasteiger partial charge on any atom is -0.377 e. The summed E-state index contributed by atoms with van der Waals surface area (Å²) >= 11 is 1.88. The minimum atomic E-state index is -0.400. The van der Waals surface area contributed by atoms with E-state index in [1.165, 1.54) is 12.2 Å². The molecule has 36 heavy (non-hydrogen) atoms. The molecule has 3 atom stereocenters. The molecule has 6 amide bonds. The van der Waals surface area contributed by atoms with Crippen molar-refractivity contribution in [3.05, 3.63) is 12.2 Å². The molecule has 3 aliphatic heterocycles. The highest BCUT2D eigenvalue weighted by Gasteiger charge is 2.42. The van der Waals surface area contributed by atoms with E-state index in [0.29, 0.717) is 51.2 Å². The maximum absolute atomic E-state index is 11.9. The largest absolute Gasteiger partial charge is 0.377 e. The first-order chi connectivity index (χ1) is 17.4. The molecule has 13 heteroatoms. The molecule has 4 N–H and O–H groups in total. The Morgan fingerprint density at radius 1 is 0.917 bits per heavy atom. The number of ether oxygens (including phenoxy) is 2. The van der Waals surface area contributed by atoms with E-state index < -0.39 is 11.8 Å². The van der Waals surface area contributed by atoms with Crippen molar-refractivity contribution < 1.29 is 33.4 Å². The van der Waals surface area contributed by atoms with Crippen molar-refractivity contribution >= 4 is 41.4 Å². The molecule has 3 rings (SSSR count). The van der Waals surface area contributed by atoms with Gasteiger partial charge >= 0.3 is 6.03 Å². The Labute approximate surface area is 214 Å². The molecular weight excluding hydrogens is 490 g/mol. The lowest BCUT2D eigenvalue weighted by Gasteiger charge is -2.16. The van der Waals surface area contributed by atoms with E-state index >= 15 is 0 Å². The smallest absolute Gasteiger partial charge is 0.315 e. The van der Waals surface area contributed by atoms with Crippen LogP contribution in [0.25, 0.3) is 0 Å². The molecule has 200 valence electrons. The summed E-state index contributed by atoms with van der Waals surface area (Å²) in [7, 11) is 0. The standard InChI is InChI=1S/C23H35N5O7S/c29-18(4-2-1-3-17-22-16(15-36-17)26-23(33)27-22)24-8-11-34-13-14-35-12-9-25-19(30)7-10-28-20(31)5-6-21(28)32/h5-6,16-17,22H,1-4,7-15H2,(H,24,29)(H,25,30)(H2,26,27,33)/t16-,17-,22-/m0/s1. The van der Waals surface area contributed by atoms with E-state index in [1.807, 2.05) is 11.8 Å². The molecule has 0 bridgehead atoms. The number of nitrogens with zero attached hydrogens (tertiary/aromatic N) is 1. The van der Waals surface area contributed by atoms with Crippen molar-refractivity contribution in [2.45, 2.75) is 49.4 Å². The van der Waals surface area contributed by atoms with Crippen LogP contribution in [0.2, 0.25) is 0 Å². The zero-order valence-electron chi connectivity index (χ0n) is 20.3. The highest BCUT2D eigenvalue weighted by molar-refractivity contribution is 8.00. The van der Waals surface area contributed by atoms with Gasteiger partial charge < -0.3 is 30.7 Å². The van der Waals surface area contributed by atoms with Crippen molar-refractivity contribution in [2.75, 3.05) is 51.8 Å². The first-order valence-corrected chi connectivity index (χ1v) is 13.4. The number of fused-ring (bicyclic) bond motifs is 1. The Morgan fingerprint density at radius 3 is 2.22 bits per heavy atom. The van der Waals surface area contributed by atoms with E-state index in [-0.39, 0.29) is 42.9 Å². The summed E-state index contributed by atoms with van der Waals surface area (Å²) in [6, 6.07) is 0.368. The molecule has 0 aromatic carbocycles. The van der Waals surface area contributed by atoms with Crippen LogP contribution in [0.15, 0.2) is 12.2 Å². The molecule has 0 aromatic rings. The van der Waals surface area contributed by atoms with Crippen LogP contribution in [0, 0.1) is 0 Å². The van der Waals surface area contributed by atoms with Gasteiger partial charge in [-0.25, -0.2) is 4.79 Å². The lowest BCUT2D eigenvalue weighted by molar-refractivity contribution is -0.137. The molecular formula is C23H35N5O7S. The third-order valence-corrected chi connectivity index (χ3v) is 7.56. The van der Waals surface area contributed by atoms with E-state index in [2.05, 4.69) is 21.3 Å². The maximum Gasteiger partial charge on any atom is 0.315 e. The fraction of sp³-hybridized carbons (Fsp3) is 0.696. The van der Waals surface area contributed by atoms with E-state index in [4.69, 9.17) is 9.47 Å². The number of carbonyl (C=O) groups is 5. The minimum absolute atomic E-state index is 0.00750. The number of hydrogen-bond donors (Lipinski definition) is 4. The molecule has 0 aliphatic carbocycles. The maximum atomic E-state index is 11.9. The zero-order chi connectivity index (χ0) is 25.8. The van der Waals surface area contributed by atoms with Gasteiger partial charge in [-0.05, 0) is 12.8 Å². The van der Waals surface area contributed by atoms with Gasteiger partial charge in [0.25, 0.3) is 11.8 Å². The molecule has 3 heterocycles. The number of thioether (sulfide) groups is 1. The van der Waals surface area contributed by atoms with Crippen molar-refractivity contribution in [3.63, 3.8) is 0 Å². The number of rotatable bonds is 17. The number of imide groups is 1. The average molecular weight is 526 g/mol. The second-order valence-electron chi connectivity index (χ2n) is 8.70. The van der Waals surface area contributed by atoms with Crippen molar-refractivity contribution in [2.24, 2.45) is 0 Å². The van der Waals surface area contributed by atoms with Crippen molar-refractivity contribution in [1.82, 2.24) is 26.2 Å².